The quantitative estimate of drug-likeness (QED) is 0.724. The molecule has 0 amide bonds. The van der Waals surface area contributed by atoms with Gasteiger partial charge in [0.2, 0.25) is 0 Å². The molecule has 0 bridgehead atoms. The molecule has 0 aliphatic carbocycles. The van der Waals surface area contributed by atoms with Crippen molar-refractivity contribution in [1.82, 2.24) is 9.78 Å². The molecule has 0 aliphatic heterocycles. The van der Waals surface area contributed by atoms with Gasteiger partial charge in [0.15, 0.2) is 0 Å². The van der Waals surface area contributed by atoms with Crippen LogP contribution >= 0.6 is 0 Å². The van der Waals surface area contributed by atoms with Crippen LogP contribution in [0.1, 0.15) is 25.8 Å². The van der Waals surface area contributed by atoms with Crippen LogP contribution in [-0.4, -0.2) is 9.78 Å². The topological polar surface area (TPSA) is 17.8 Å². The third kappa shape index (κ3) is 1.52. The van der Waals surface area contributed by atoms with E-state index in [1.165, 1.54) is 22.9 Å². The number of hydrogen-bond acceptors (Lipinski definition) is 1. The van der Waals surface area contributed by atoms with Gasteiger partial charge in [-0.25, -0.2) is 0 Å². The average Bonchev–Trinajstić information content (AvgIpc) is 2.60. The van der Waals surface area contributed by atoms with Crippen LogP contribution in [0.3, 0.4) is 0 Å². The van der Waals surface area contributed by atoms with Crippen molar-refractivity contribution in [3.63, 3.8) is 0 Å². The lowest BCUT2D eigenvalue weighted by atomic mass is 10.1. The maximum Gasteiger partial charge on any atom is 0.0684 e. The lowest BCUT2D eigenvalue weighted by Gasteiger charge is -2.01. The van der Waals surface area contributed by atoms with Gasteiger partial charge in [-0.3, -0.25) is 4.68 Å². The summed E-state index contributed by atoms with van der Waals surface area (Å²) in [4.78, 5) is 0. The molecular weight excluding hydrogens is 172 g/mol. The van der Waals surface area contributed by atoms with Gasteiger partial charge in [-0.2, -0.15) is 5.10 Å². The Morgan fingerprint density at radius 1 is 1.29 bits per heavy atom. The van der Waals surface area contributed by atoms with Crippen molar-refractivity contribution >= 4 is 10.9 Å². The standard InChI is InChI=1S/C12H16N2/c1-3-5-10-6-7-11-9-13-14(4-2)12(11)8-10/h6-9H,3-5H2,1-2H3. The van der Waals surface area contributed by atoms with Gasteiger partial charge in [0.1, 0.15) is 0 Å². The normalized spacial score (nSPS) is 11.0. The maximum absolute atomic E-state index is 4.33. The Bertz CT molecular complexity index is 429. The van der Waals surface area contributed by atoms with E-state index in [4.69, 9.17) is 0 Å². The van der Waals surface area contributed by atoms with Gasteiger partial charge in [-0.1, -0.05) is 25.5 Å². The van der Waals surface area contributed by atoms with E-state index >= 15 is 0 Å². The van der Waals surface area contributed by atoms with Crippen LogP contribution in [0.5, 0.6) is 0 Å². The molecule has 1 heterocycles. The summed E-state index contributed by atoms with van der Waals surface area (Å²) in [7, 11) is 0. The molecule has 2 aromatic rings. The first-order valence-corrected chi connectivity index (χ1v) is 5.29. The molecule has 2 nitrogen and oxygen atoms in total. The van der Waals surface area contributed by atoms with E-state index in [9.17, 15) is 0 Å². The highest BCUT2D eigenvalue weighted by Gasteiger charge is 2.01. The van der Waals surface area contributed by atoms with Crippen LogP contribution < -0.4 is 0 Å². The average molecular weight is 188 g/mol. The molecule has 0 saturated heterocycles. The highest BCUT2D eigenvalue weighted by molar-refractivity contribution is 5.79. The molecule has 1 aromatic heterocycles. The molecule has 14 heavy (non-hydrogen) atoms. The summed E-state index contributed by atoms with van der Waals surface area (Å²) in [5.74, 6) is 0. The fourth-order valence-electron chi connectivity index (χ4n) is 1.81. The summed E-state index contributed by atoms with van der Waals surface area (Å²) in [5.41, 5.74) is 2.67. The van der Waals surface area contributed by atoms with E-state index in [0.29, 0.717) is 0 Å². The van der Waals surface area contributed by atoms with Crippen molar-refractivity contribution in [2.24, 2.45) is 0 Å². The van der Waals surface area contributed by atoms with Crippen LogP contribution in [0.2, 0.25) is 0 Å². The van der Waals surface area contributed by atoms with Crippen LogP contribution in [0.15, 0.2) is 24.4 Å². The van der Waals surface area contributed by atoms with Gasteiger partial charge in [0, 0.05) is 11.9 Å². The zero-order valence-corrected chi connectivity index (χ0v) is 8.83. The van der Waals surface area contributed by atoms with Crippen LogP contribution in [-0.2, 0) is 13.0 Å². The third-order valence-corrected chi connectivity index (χ3v) is 2.55. The summed E-state index contributed by atoms with van der Waals surface area (Å²) in [6, 6.07) is 6.63. The molecule has 1 aromatic carbocycles. The molecule has 0 radical (unpaired) electrons. The van der Waals surface area contributed by atoms with E-state index in [-0.39, 0.29) is 0 Å². The van der Waals surface area contributed by atoms with E-state index in [2.05, 4.69) is 41.8 Å². The van der Waals surface area contributed by atoms with Crippen LogP contribution in [0.4, 0.5) is 0 Å². The Hall–Kier alpha value is -1.31. The largest absolute Gasteiger partial charge is 0.265 e. The van der Waals surface area contributed by atoms with Crippen LogP contribution in [0.25, 0.3) is 10.9 Å². The summed E-state index contributed by atoms with van der Waals surface area (Å²) in [5, 5.41) is 5.57. The number of hydrogen-bond donors (Lipinski definition) is 0. The molecule has 0 N–H and O–H groups in total. The number of rotatable bonds is 3. The second-order valence-corrected chi connectivity index (χ2v) is 3.60. The number of aryl methyl sites for hydroxylation is 2. The Morgan fingerprint density at radius 2 is 2.14 bits per heavy atom. The molecule has 0 spiro atoms. The maximum atomic E-state index is 4.33. The summed E-state index contributed by atoms with van der Waals surface area (Å²) in [6.07, 6.45) is 4.30. The fraction of sp³-hybridized carbons (Fsp3) is 0.417. The number of nitrogens with zero attached hydrogens (tertiary/aromatic N) is 2. The second-order valence-electron chi connectivity index (χ2n) is 3.60. The van der Waals surface area contributed by atoms with Gasteiger partial charge in [-0.05, 0) is 25.0 Å². The Kier molecular flexibility index (Phi) is 2.53. The van der Waals surface area contributed by atoms with Crippen molar-refractivity contribution in [2.75, 3.05) is 0 Å². The Balaban J connectivity index is 2.50. The molecule has 0 atom stereocenters. The van der Waals surface area contributed by atoms with Crippen molar-refractivity contribution in [1.29, 1.82) is 0 Å². The highest BCUT2D eigenvalue weighted by Crippen LogP contribution is 2.16. The fourth-order valence-corrected chi connectivity index (χ4v) is 1.81. The summed E-state index contributed by atoms with van der Waals surface area (Å²) < 4.78 is 2.05. The van der Waals surface area contributed by atoms with Crippen molar-refractivity contribution in [3.05, 3.63) is 30.0 Å². The number of fused-ring (bicyclic) bond motifs is 1. The first-order chi connectivity index (χ1) is 6.85. The molecule has 0 saturated carbocycles. The minimum Gasteiger partial charge on any atom is -0.265 e. The highest BCUT2D eigenvalue weighted by atomic mass is 15.3. The summed E-state index contributed by atoms with van der Waals surface area (Å²) >= 11 is 0. The van der Waals surface area contributed by atoms with Crippen molar-refractivity contribution < 1.29 is 0 Å². The number of benzene rings is 1. The first-order valence-electron chi connectivity index (χ1n) is 5.29. The van der Waals surface area contributed by atoms with Gasteiger partial charge < -0.3 is 0 Å². The smallest absolute Gasteiger partial charge is 0.0684 e. The Labute approximate surface area is 84.5 Å². The molecule has 2 heteroatoms. The molecule has 0 unspecified atom stereocenters. The summed E-state index contributed by atoms with van der Waals surface area (Å²) in [6.45, 7) is 5.28. The van der Waals surface area contributed by atoms with Crippen molar-refractivity contribution in [2.45, 2.75) is 33.2 Å². The zero-order valence-electron chi connectivity index (χ0n) is 8.83. The zero-order chi connectivity index (χ0) is 9.97. The van der Waals surface area contributed by atoms with E-state index < -0.39 is 0 Å². The van der Waals surface area contributed by atoms with E-state index in [1.54, 1.807) is 0 Å². The van der Waals surface area contributed by atoms with Crippen molar-refractivity contribution in [3.8, 4) is 0 Å². The lowest BCUT2D eigenvalue weighted by Crippen LogP contribution is -1.95. The third-order valence-electron chi connectivity index (χ3n) is 2.55. The van der Waals surface area contributed by atoms with Gasteiger partial charge in [0.25, 0.3) is 0 Å². The first kappa shape index (κ1) is 9.25. The monoisotopic (exact) mass is 188 g/mol. The lowest BCUT2D eigenvalue weighted by molar-refractivity contribution is 0.683. The Morgan fingerprint density at radius 3 is 2.86 bits per heavy atom. The van der Waals surface area contributed by atoms with Gasteiger partial charge >= 0.3 is 0 Å². The second kappa shape index (κ2) is 3.82. The van der Waals surface area contributed by atoms with Gasteiger partial charge in [0.05, 0.1) is 11.7 Å². The molecule has 74 valence electrons. The predicted molar refractivity (Wildman–Crippen MR) is 59.4 cm³/mol. The van der Waals surface area contributed by atoms with E-state index in [1.807, 2.05) is 6.20 Å². The molecule has 0 fully saturated rings. The predicted octanol–water partition coefficient (Wildman–Crippen LogP) is 3.01. The minimum absolute atomic E-state index is 0.944. The SMILES string of the molecule is CCCc1ccc2cnn(CC)c2c1. The van der Waals surface area contributed by atoms with Gasteiger partial charge in [-0.15, -0.1) is 0 Å². The molecule has 2 rings (SSSR count). The number of aromatic nitrogens is 2. The molecular formula is C12H16N2. The van der Waals surface area contributed by atoms with Crippen LogP contribution in [0, 0.1) is 0 Å². The molecule has 0 aliphatic rings. The van der Waals surface area contributed by atoms with E-state index in [0.717, 1.165) is 13.0 Å². The minimum atomic E-state index is 0.944.